The molecule has 1 fully saturated rings. The van der Waals surface area contributed by atoms with Crippen LogP contribution in [0.5, 0.6) is 5.88 Å². The van der Waals surface area contributed by atoms with Gasteiger partial charge in [0, 0.05) is 37.6 Å². The van der Waals surface area contributed by atoms with E-state index in [9.17, 15) is 0 Å². The van der Waals surface area contributed by atoms with Gasteiger partial charge in [-0.15, -0.1) is 0 Å². The molecule has 1 aliphatic rings. The maximum Gasteiger partial charge on any atom is 0.215 e. The molecule has 1 aromatic heterocycles. The van der Waals surface area contributed by atoms with Crippen molar-refractivity contribution >= 4 is 11.9 Å². The molecule has 2 aromatic rings. The van der Waals surface area contributed by atoms with Gasteiger partial charge < -0.3 is 19.7 Å². The highest BCUT2D eigenvalue weighted by atomic mass is 16.5. The minimum atomic E-state index is 0.579. The summed E-state index contributed by atoms with van der Waals surface area (Å²) in [6, 6.07) is 10.5. The highest BCUT2D eigenvalue weighted by molar-refractivity contribution is 5.79. The van der Waals surface area contributed by atoms with Gasteiger partial charge in [0.2, 0.25) is 5.88 Å². The smallest absolute Gasteiger partial charge is 0.215 e. The van der Waals surface area contributed by atoms with Gasteiger partial charge in [-0.3, -0.25) is 4.99 Å². The van der Waals surface area contributed by atoms with Crippen molar-refractivity contribution in [1.82, 2.24) is 10.3 Å². The van der Waals surface area contributed by atoms with Crippen LogP contribution in [-0.2, 0) is 11.3 Å². The fraction of sp³-hybridized carbons (Fsp3) is 0.455. The number of ether oxygens (including phenoxy) is 2. The topological polar surface area (TPSA) is 59.0 Å². The Labute approximate surface area is 167 Å². The molecule has 150 valence electrons. The van der Waals surface area contributed by atoms with Gasteiger partial charge in [-0.2, -0.15) is 0 Å². The maximum absolute atomic E-state index is 5.82. The molecular formula is C22H30N4O2. The highest BCUT2D eigenvalue weighted by Gasteiger charge is 2.13. The third-order valence-electron chi connectivity index (χ3n) is 4.85. The van der Waals surface area contributed by atoms with Gasteiger partial charge in [-0.05, 0) is 43.7 Å². The lowest BCUT2D eigenvalue weighted by atomic mass is 10.1. The quantitative estimate of drug-likeness (QED) is 0.562. The van der Waals surface area contributed by atoms with Crippen LogP contribution in [0, 0.1) is 13.8 Å². The van der Waals surface area contributed by atoms with E-state index in [0.717, 1.165) is 44.2 Å². The van der Waals surface area contributed by atoms with Gasteiger partial charge in [0.15, 0.2) is 0 Å². The zero-order valence-corrected chi connectivity index (χ0v) is 17.1. The van der Waals surface area contributed by atoms with Crippen LogP contribution in [0.3, 0.4) is 0 Å². The summed E-state index contributed by atoms with van der Waals surface area (Å²) >= 11 is 0. The minimum absolute atomic E-state index is 0.579. The Bertz CT molecular complexity index is 801. The van der Waals surface area contributed by atoms with Crippen molar-refractivity contribution in [2.75, 3.05) is 51.4 Å². The zero-order valence-electron chi connectivity index (χ0n) is 17.1. The van der Waals surface area contributed by atoms with Crippen molar-refractivity contribution < 1.29 is 9.47 Å². The normalized spacial score (nSPS) is 14.6. The molecule has 0 radical (unpaired) electrons. The standard InChI is InChI=1S/C22H30N4O2/c1-17-4-5-19(12-18(17)2)15-24-16-20-13-21(26-7-10-27-11-8-26)14-22(25-20)28-9-6-23-3/h4-5,12-14,16,23H,6-11,15H2,1-3H3. The van der Waals surface area contributed by atoms with Crippen LogP contribution in [0.4, 0.5) is 5.69 Å². The Morgan fingerprint density at radius 2 is 2.00 bits per heavy atom. The second-order valence-electron chi connectivity index (χ2n) is 7.03. The molecule has 0 unspecified atom stereocenters. The van der Waals surface area contributed by atoms with Gasteiger partial charge in [-0.25, -0.2) is 4.98 Å². The first-order chi connectivity index (χ1) is 13.7. The van der Waals surface area contributed by atoms with E-state index in [4.69, 9.17) is 9.47 Å². The molecule has 2 heterocycles. The number of nitrogens with one attached hydrogen (secondary N) is 1. The molecule has 6 heteroatoms. The number of anilines is 1. The number of nitrogens with zero attached hydrogens (tertiary/aromatic N) is 3. The van der Waals surface area contributed by atoms with Crippen LogP contribution < -0.4 is 15.0 Å². The van der Waals surface area contributed by atoms with Crippen LogP contribution in [0.2, 0.25) is 0 Å². The van der Waals surface area contributed by atoms with Gasteiger partial charge in [0.05, 0.1) is 25.5 Å². The number of aryl methyl sites for hydroxylation is 2. The van der Waals surface area contributed by atoms with Crippen molar-refractivity contribution in [1.29, 1.82) is 0 Å². The second-order valence-corrected chi connectivity index (χ2v) is 7.03. The summed E-state index contributed by atoms with van der Waals surface area (Å²) in [4.78, 5) is 11.5. The average molecular weight is 383 g/mol. The minimum Gasteiger partial charge on any atom is -0.476 e. The Balaban J connectivity index is 1.75. The van der Waals surface area contributed by atoms with Gasteiger partial charge in [0.1, 0.15) is 6.61 Å². The zero-order chi connectivity index (χ0) is 19.8. The highest BCUT2D eigenvalue weighted by Crippen LogP contribution is 2.22. The van der Waals surface area contributed by atoms with Crippen molar-refractivity contribution in [3.63, 3.8) is 0 Å². The van der Waals surface area contributed by atoms with Crippen molar-refractivity contribution in [2.24, 2.45) is 4.99 Å². The summed E-state index contributed by atoms with van der Waals surface area (Å²) in [5.41, 5.74) is 5.71. The summed E-state index contributed by atoms with van der Waals surface area (Å²) < 4.78 is 11.3. The Morgan fingerprint density at radius 1 is 1.18 bits per heavy atom. The number of aromatic nitrogens is 1. The van der Waals surface area contributed by atoms with E-state index in [1.807, 2.05) is 19.3 Å². The maximum atomic E-state index is 5.82. The van der Waals surface area contributed by atoms with E-state index in [1.165, 1.54) is 16.7 Å². The van der Waals surface area contributed by atoms with Gasteiger partial charge in [-0.1, -0.05) is 18.2 Å². The number of aliphatic imine (C=N–C) groups is 1. The molecule has 0 bridgehead atoms. The molecule has 1 saturated heterocycles. The molecule has 6 nitrogen and oxygen atoms in total. The van der Waals surface area contributed by atoms with Crippen molar-refractivity contribution in [2.45, 2.75) is 20.4 Å². The Hall–Kier alpha value is -2.44. The van der Waals surface area contributed by atoms with Crippen LogP contribution in [0.25, 0.3) is 0 Å². The molecule has 28 heavy (non-hydrogen) atoms. The Morgan fingerprint density at radius 3 is 2.75 bits per heavy atom. The second kappa shape index (κ2) is 10.2. The van der Waals surface area contributed by atoms with Crippen LogP contribution in [0.15, 0.2) is 35.3 Å². The molecule has 1 N–H and O–H groups in total. The third-order valence-corrected chi connectivity index (χ3v) is 4.85. The van der Waals surface area contributed by atoms with E-state index >= 15 is 0 Å². The van der Waals surface area contributed by atoms with E-state index in [0.29, 0.717) is 19.0 Å². The van der Waals surface area contributed by atoms with Crippen LogP contribution >= 0.6 is 0 Å². The lowest BCUT2D eigenvalue weighted by molar-refractivity contribution is 0.122. The van der Waals surface area contributed by atoms with Crippen LogP contribution in [-0.4, -0.2) is 57.7 Å². The lowest BCUT2D eigenvalue weighted by Gasteiger charge is -2.29. The largest absolute Gasteiger partial charge is 0.476 e. The summed E-state index contributed by atoms with van der Waals surface area (Å²) in [6.07, 6.45) is 1.84. The number of likely N-dealkylation sites (N-methyl/N-ethyl adjacent to an activating group) is 1. The number of morpholine rings is 1. The molecule has 0 amide bonds. The van der Waals surface area contributed by atoms with Crippen molar-refractivity contribution in [3.8, 4) is 5.88 Å². The Kier molecular flexibility index (Phi) is 7.39. The number of benzene rings is 1. The fourth-order valence-corrected chi connectivity index (χ4v) is 3.06. The number of hydrogen-bond acceptors (Lipinski definition) is 6. The van der Waals surface area contributed by atoms with Gasteiger partial charge in [0.25, 0.3) is 0 Å². The SMILES string of the molecule is CNCCOc1cc(N2CCOCC2)cc(C=NCc2ccc(C)c(C)c2)n1. The molecular weight excluding hydrogens is 352 g/mol. The summed E-state index contributed by atoms with van der Waals surface area (Å²) in [5, 5.41) is 3.09. The molecule has 0 atom stereocenters. The first kappa shape index (κ1) is 20.3. The molecule has 1 aromatic carbocycles. The molecule has 0 spiro atoms. The van der Waals surface area contributed by atoms with Gasteiger partial charge >= 0.3 is 0 Å². The van der Waals surface area contributed by atoms with E-state index in [-0.39, 0.29) is 0 Å². The van der Waals surface area contributed by atoms with Crippen molar-refractivity contribution in [3.05, 3.63) is 52.7 Å². The lowest BCUT2D eigenvalue weighted by Crippen LogP contribution is -2.36. The summed E-state index contributed by atoms with van der Waals surface area (Å²) in [6.45, 7) is 9.49. The third kappa shape index (κ3) is 5.78. The van der Waals surface area contributed by atoms with E-state index in [2.05, 4.69) is 58.3 Å². The summed E-state index contributed by atoms with van der Waals surface area (Å²) in [5.74, 6) is 0.631. The predicted molar refractivity (Wildman–Crippen MR) is 114 cm³/mol. The predicted octanol–water partition coefficient (Wildman–Crippen LogP) is 2.75. The van der Waals surface area contributed by atoms with E-state index in [1.54, 1.807) is 0 Å². The summed E-state index contributed by atoms with van der Waals surface area (Å²) in [7, 11) is 1.91. The fourth-order valence-electron chi connectivity index (χ4n) is 3.06. The first-order valence-corrected chi connectivity index (χ1v) is 9.84. The molecule has 0 saturated carbocycles. The average Bonchev–Trinajstić information content (AvgIpc) is 2.71. The molecule has 1 aliphatic heterocycles. The molecule has 0 aliphatic carbocycles. The number of rotatable bonds is 8. The molecule has 3 rings (SSSR count). The first-order valence-electron chi connectivity index (χ1n) is 9.84. The van der Waals surface area contributed by atoms with E-state index < -0.39 is 0 Å². The number of hydrogen-bond donors (Lipinski definition) is 1. The van der Waals surface area contributed by atoms with Crippen LogP contribution in [0.1, 0.15) is 22.4 Å². The number of pyridine rings is 1. The monoisotopic (exact) mass is 382 g/mol.